The summed E-state index contributed by atoms with van der Waals surface area (Å²) in [6.45, 7) is 7.03. The van der Waals surface area contributed by atoms with Gasteiger partial charge in [-0.15, -0.1) is 0 Å². The number of rotatable bonds is 13. The van der Waals surface area contributed by atoms with Crippen LogP contribution in [0.1, 0.15) is 64.1 Å². The van der Waals surface area contributed by atoms with E-state index >= 15 is 0 Å². The first-order chi connectivity index (χ1) is 18.9. The number of hydrogen-bond acceptors (Lipinski definition) is 7. The molecule has 0 aliphatic carbocycles. The summed E-state index contributed by atoms with van der Waals surface area (Å²) >= 11 is 0. The van der Waals surface area contributed by atoms with Crippen molar-refractivity contribution in [1.82, 2.24) is 15.5 Å². The molecule has 2 rings (SSSR count). The summed E-state index contributed by atoms with van der Waals surface area (Å²) in [4.78, 5) is 53.8. The van der Waals surface area contributed by atoms with E-state index in [0.29, 0.717) is 12.0 Å². The highest BCUT2D eigenvalue weighted by atomic mass is 16.6. The molecule has 2 atom stereocenters. The topological polar surface area (TPSA) is 134 Å². The van der Waals surface area contributed by atoms with Crippen molar-refractivity contribution in [2.75, 3.05) is 20.2 Å². The molecule has 0 bridgehead atoms. The van der Waals surface area contributed by atoms with Crippen LogP contribution >= 0.6 is 0 Å². The zero-order valence-electron chi connectivity index (χ0n) is 23.9. The smallest absolute Gasteiger partial charge is 0.408 e. The number of carbonyl (C=O) groups is 4. The van der Waals surface area contributed by atoms with Crippen LogP contribution in [0.4, 0.5) is 4.79 Å². The van der Waals surface area contributed by atoms with Gasteiger partial charge in [0.05, 0.1) is 7.11 Å². The van der Waals surface area contributed by atoms with E-state index in [0.717, 1.165) is 18.4 Å². The summed E-state index contributed by atoms with van der Waals surface area (Å²) in [5.74, 6) is -1.74. The van der Waals surface area contributed by atoms with E-state index in [1.165, 1.54) is 24.1 Å². The largest absolute Gasteiger partial charge is 0.508 e. The first-order valence-corrected chi connectivity index (χ1v) is 13.4. The molecular formula is C30H41N3O7. The molecule has 10 nitrogen and oxygen atoms in total. The molecule has 2 aromatic carbocycles. The van der Waals surface area contributed by atoms with Crippen LogP contribution in [0.5, 0.6) is 5.75 Å². The van der Waals surface area contributed by atoms with Crippen molar-refractivity contribution in [3.8, 4) is 5.75 Å². The summed E-state index contributed by atoms with van der Waals surface area (Å²) in [5.41, 5.74) is 0.454. The molecular weight excluding hydrogens is 514 g/mol. The minimum atomic E-state index is -1.15. The standard InChI is InChI=1S/C30H41N3O7/c1-6-7-11-18-33(26(22-14-16-23(34)17-15-22)27(36)31-20-25(35)39-5)28(37)24(19-21-12-9-8-10-13-21)32-29(38)40-30(2,3)4/h8-10,12-17,24,26,34H,6-7,11,18-20H2,1-5H3,(H,31,36)(H,32,38). The van der Waals surface area contributed by atoms with Crippen LogP contribution < -0.4 is 10.6 Å². The maximum absolute atomic E-state index is 14.3. The van der Waals surface area contributed by atoms with E-state index in [9.17, 15) is 24.3 Å². The number of esters is 1. The normalized spacial score (nSPS) is 12.5. The number of methoxy groups -OCH3 is 1. The highest BCUT2D eigenvalue weighted by Crippen LogP contribution is 2.26. The van der Waals surface area contributed by atoms with Crippen molar-refractivity contribution in [3.05, 3.63) is 65.7 Å². The molecule has 0 radical (unpaired) electrons. The number of ether oxygens (including phenoxy) is 2. The molecule has 0 spiro atoms. The number of phenols is 1. The van der Waals surface area contributed by atoms with E-state index < -0.39 is 41.6 Å². The molecule has 0 aliphatic heterocycles. The number of alkyl carbamates (subject to hydrolysis) is 1. The second-order valence-corrected chi connectivity index (χ2v) is 10.4. The van der Waals surface area contributed by atoms with Crippen molar-refractivity contribution in [1.29, 1.82) is 0 Å². The Kier molecular flexibility index (Phi) is 12.4. The predicted molar refractivity (Wildman–Crippen MR) is 150 cm³/mol. The first kappa shape index (κ1) is 32.1. The quantitative estimate of drug-likeness (QED) is 0.252. The van der Waals surface area contributed by atoms with Crippen molar-refractivity contribution in [2.24, 2.45) is 0 Å². The molecule has 0 saturated carbocycles. The Balaban J connectivity index is 2.53. The molecule has 0 fully saturated rings. The van der Waals surface area contributed by atoms with E-state index in [2.05, 4.69) is 15.4 Å². The van der Waals surface area contributed by atoms with E-state index in [1.807, 2.05) is 37.3 Å². The lowest BCUT2D eigenvalue weighted by Gasteiger charge is -2.34. The maximum atomic E-state index is 14.3. The fourth-order valence-corrected chi connectivity index (χ4v) is 4.06. The molecule has 10 heteroatoms. The van der Waals surface area contributed by atoms with Crippen LogP contribution in [-0.2, 0) is 30.3 Å². The van der Waals surface area contributed by atoms with Crippen LogP contribution in [0.25, 0.3) is 0 Å². The Labute approximate surface area is 236 Å². The van der Waals surface area contributed by atoms with Crippen molar-refractivity contribution in [2.45, 2.75) is 71.1 Å². The third-order valence-electron chi connectivity index (χ3n) is 5.96. The molecule has 0 heterocycles. The van der Waals surface area contributed by atoms with Crippen LogP contribution in [-0.4, -0.2) is 65.7 Å². The number of phenolic OH excluding ortho intramolecular Hbond substituents is 1. The van der Waals surface area contributed by atoms with Crippen molar-refractivity contribution < 1.29 is 33.8 Å². The molecule has 3 amide bonds. The Hall–Kier alpha value is -4.08. The maximum Gasteiger partial charge on any atom is 0.408 e. The molecule has 0 saturated heterocycles. The van der Waals surface area contributed by atoms with Crippen molar-refractivity contribution in [3.63, 3.8) is 0 Å². The number of aromatic hydroxyl groups is 1. The summed E-state index contributed by atoms with van der Waals surface area (Å²) in [6.07, 6.45) is 1.69. The second kappa shape index (κ2) is 15.5. The third kappa shape index (κ3) is 10.6. The van der Waals surface area contributed by atoms with Gasteiger partial charge in [-0.25, -0.2) is 4.79 Å². The van der Waals surface area contributed by atoms with Gasteiger partial charge in [0, 0.05) is 13.0 Å². The van der Waals surface area contributed by atoms with Crippen LogP contribution in [0.3, 0.4) is 0 Å². The van der Waals surface area contributed by atoms with Crippen LogP contribution in [0, 0.1) is 0 Å². The van der Waals surface area contributed by atoms with Gasteiger partial charge < -0.3 is 30.1 Å². The Morgan fingerprint density at radius 2 is 1.62 bits per heavy atom. The lowest BCUT2D eigenvalue weighted by atomic mass is 9.99. The number of nitrogens with one attached hydrogen (secondary N) is 2. The molecule has 0 aliphatic rings. The Morgan fingerprint density at radius 3 is 2.20 bits per heavy atom. The summed E-state index contributed by atoms with van der Waals surface area (Å²) < 4.78 is 10.1. The third-order valence-corrected chi connectivity index (χ3v) is 5.96. The van der Waals surface area contributed by atoms with E-state index in [1.54, 1.807) is 32.9 Å². The number of hydrogen-bond donors (Lipinski definition) is 3. The fourth-order valence-electron chi connectivity index (χ4n) is 4.06. The molecule has 40 heavy (non-hydrogen) atoms. The van der Waals surface area contributed by atoms with Crippen LogP contribution in [0.15, 0.2) is 54.6 Å². The molecule has 218 valence electrons. The first-order valence-electron chi connectivity index (χ1n) is 13.4. The van der Waals surface area contributed by atoms with Gasteiger partial charge in [-0.05, 0) is 50.5 Å². The summed E-state index contributed by atoms with van der Waals surface area (Å²) in [6, 6.07) is 13.0. The average molecular weight is 556 g/mol. The van der Waals surface area contributed by atoms with Gasteiger partial charge >= 0.3 is 12.1 Å². The van der Waals surface area contributed by atoms with Gasteiger partial charge in [0.25, 0.3) is 0 Å². The van der Waals surface area contributed by atoms with Gasteiger partial charge in [0.1, 0.15) is 30.0 Å². The van der Waals surface area contributed by atoms with Gasteiger partial charge in [0.15, 0.2) is 0 Å². The monoisotopic (exact) mass is 555 g/mol. The molecule has 2 unspecified atom stereocenters. The highest BCUT2D eigenvalue weighted by molar-refractivity contribution is 5.93. The lowest BCUT2D eigenvalue weighted by Crippen LogP contribution is -2.54. The zero-order chi connectivity index (χ0) is 29.7. The van der Waals surface area contributed by atoms with E-state index in [4.69, 9.17) is 4.74 Å². The Morgan fingerprint density at radius 1 is 0.975 bits per heavy atom. The number of carbonyl (C=O) groups excluding carboxylic acids is 4. The molecule has 2 aromatic rings. The summed E-state index contributed by atoms with van der Waals surface area (Å²) in [7, 11) is 1.21. The van der Waals surface area contributed by atoms with Gasteiger partial charge in [-0.3, -0.25) is 14.4 Å². The van der Waals surface area contributed by atoms with Gasteiger partial charge in [-0.2, -0.15) is 0 Å². The van der Waals surface area contributed by atoms with E-state index in [-0.39, 0.29) is 25.3 Å². The minimum Gasteiger partial charge on any atom is -0.508 e. The van der Waals surface area contributed by atoms with Crippen molar-refractivity contribution >= 4 is 23.9 Å². The highest BCUT2D eigenvalue weighted by Gasteiger charge is 2.36. The average Bonchev–Trinajstić information content (AvgIpc) is 2.90. The SMILES string of the molecule is CCCCCN(C(=O)C(Cc1ccccc1)NC(=O)OC(C)(C)C)C(C(=O)NCC(=O)OC)c1ccc(O)cc1. The fraction of sp³-hybridized carbons (Fsp3) is 0.467. The molecule has 3 N–H and O–H groups in total. The zero-order valence-corrected chi connectivity index (χ0v) is 23.9. The Bertz CT molecular complexity index is 1110. The van der Waals surface area contributed by atoms with Gasteiger partial charge in [-0.1, -0.05) is 62.2 Å². The number of nitrogens with zero attached hydrogens (tertiary/aromatic N) is 1. The predicted octanol–water partition coefficient (Wildman–Crippen LogP) is 3.88. The number of unbranched alkanes of at least 4 members (excludes halogenated alkanes) is 2. The number of amides is 3. The number of benzene rings is 2. The minimum absolute atomic E-state index is 0.00475. The second-order valence-electron chi connectivity index (χ2n) is 10.4. The summed E-state index contributed by atoms with van der Waals surface area (Å²) in [5, 5.41) is 15.1. The molecule has 0 aromatic heterocycles. The lowest BCUT2D eigenvalue weighted by molar-refractivity contribution is -0.144. The van der Waals surface area contributed by atoms with Crippen LogP contribution in [0.2, 0.25) is 0 Å². The van der Waals surface area contributed by atoms with Gasteiger partial charge in [0.2, 0.25) is 11.8 Å².